The van der Waals surface area contributed by atoms with E-state index in [1.165, 1.54) is 4.88 Å². The molecule has 1 amide bonds. The Balaban J connectivity index is 2.24. The van der Waals surface area contributed by atoms with Gasteiger partial charge < -0.3 is 4.90 Å². The Kier molecular flexibility index (Phi) is 4.37. The molecule has 0 aliphatic carbocycles. The Morgan fingerprint density at radius 2 is 2.00 bits per heavy atom. The van der Waals surface area contributed by atoms with Crippen LogP contribution >= 0.6 is 22.9 Å². The predicted molar refractivity (Wildman–Crippen MR) is 97.5 cm³/mol. The van der Waals surface area contributed by atoms with E-state index in [-0.39, 0.29) is 5.91 Å². The Morgan fingerprint density at radius 1 is 1.22 bits per heavy atom. The first-order chi connectivity index (χ1) is 11.0. The summed E-state index contributed by atoms with van der Waals surface area (Å²) in [6.45, 7) is 2.13. The topological polar surface area (TPSA) is 33.2 Å². The van der Waals surface area contributed by atoms with Crippen LogP contribution in [-0.2, 0) is 6.42 Å². The van der Waals surface area contributed by atoms with E-state index >= 15 is 0 Å². The van der Waals surface area contributed by atoms with Crippen molar-refractivity contribution < 1.29 is 4.79 Å². The van der Waals surface area contributed by atoms with E-state index in [0.717, 1.165) is 27.9 Å². The highest BCUT2D eigenvalue weighted by atomic mass is 35.5. The molecule has 3 nitrogen and oxygen atoms in total. The van der Waals surface area contributed by atoms with Crippen LogP contribution in [0.15, 0.2) is 36.4 Å². The van der Waals surface area contributed by atoms with Crippen LogP contribution in [0.3, 0.4) is 0 Å². The van der Waals surface area contributed by atoms with Crippen LogP contribution in [0, 0.1) is 0 Å². The Labute approximate surface area is 144 Å². The lowest BCUT2D eigenvalue weighted by molar-refractivity contribution is 0.0829. The van der Waals surface area contributed by atoms with Crippen molar-refractivity contribution in [2.75, 3.05) is 14.1 Å². The second kappa shape index (κ2) is 6.30. The fraction of sp³-hybridized carbons (Fsp3) is 0.222. The maximum Gasteiger partial charge on any atom is 0.254 e. The van der Waals surface area contributed by atoms with Gasteiger partial charge in [0.2, 0.25) is 0 Å². The minimum atomic E-state index is -0.0480. The van der Waals surface area contributed by atoms with Gasteiger partial charge in [-0.1, -0.05) is 18.5 Å². The monoisotopic (exact) mass is 344 g/mol. The summed E-state index contributed by atoms with van der Waals surface area (Å²) in [4.78, 5) is 21.2. The zero-order valence-electron chi connectivity index (χ0n) is 13.3. The van der Waals surface area contributed by atoms with Crippen LogP contribution in [0.1, 0.15) is 22.2 Å². The molecular weight excluding hydrogens is 328 g/mol. The fourth-order valence-electron chi connectivity index (χ4n) is 2.45. The molecule has 3 rings (SSSR count). The number of aromatic nitrogens is 1. The molecule has 2 heterocycles. The van der Waals surface area contributed by atoms with Crippen LogP contribution in [0.2, 0.25) is 5.02 Å². The van der Waals surface area contributed by atoms with Gasteiger partial charge in [0.15, 0.2) is 0 Å². The number of fused-ring (bicyclic) bond motifs is 1. The quantitative estimate of drug-likeness (QED) is 0.678. The van der Waals surface area contributed by atoms with Gasteiger partial charge in [-0.3, -0.25) is 4.79 Å². The Bertz CT molecular complexity index is 886. The maximum atomic E-state index is 12.6. The van der Waals surface area contributed by atoms with Gasteiger partial charge in [-0.05, 0) is 42.8 Å². The normalized spacial score (nSPS) is 11.0. The van der Waals surface area contributed by atoms with Crippen molar-refractivity contribution >= 4 is 39.7 Å². The van der Waals surface area contributed by atoms with Crippen molar-refractivity contribution in [1.29, 1.82) is 0 Å². The van der Waals surface area contributed by atoms with Crippen LogP contribution in [0.4, 0.5) is 0 Å². The fourth-order valence-corrected chi connectivity index (χ4v) is 3.53. The summed E-state index contributed by atoms with van der Waals surface area (Å²) in [6, 6.07) is 11.5. The standard InChI is InChI=1S/C18H17ClN2OS/c1-4-12-6-8-17(23-12)16-10-14(18(22)21(2)3)13-9-11(19)5-7-15(13)20-16/h5-10H,4H2,1-3H3. The lowest BCUT2D eigenvalue weighted by Crippen LogP contribution is -2.22. The number of nitrogens with zero attached hydrogens (tertiary/aromatic N) is 2. The van der Waals surface area contributed by atoms with Gasteiger partial charge in [-0.15, -0.1) is 11.3 Å². The second-order valence-electron chi connectivity index (χ2n) is 5.54. The van der Waals surface area contributed by atoms with Crippen molar-refractivity contribution in [3.63, 3.8) is 0 Å². The minimum absolute atomic E-state index is 0.0480. The number of hydrogen-bond acceptors (Lipinski definition) is 3. The third-order valence-electron chi connectivity index (χ3n) is 3.67. The third-order valence-corrected chi connectivity index (χ3v) is 5.16. The number of hydrogen-bond donors (Lipinski definition) is 0. The Hall–Kier alpha value is -1.91. The maximum absolute atomic E-state index is 12.6. The molecule has 0 saturated heterocycles. The third kappa shape index (κ3) is 3.09. The number of amides is 1. The summed E-state index contributed by atoms with van der Waals surface area (Å²) >= 11 is 7.82. The smallest absolute Gasteiger partial charge is 0.254 e. The first kappa shape index (κ1) is 16.0. The summed E-state index contributed by atoms with van der Waals surface area (Å²) in [5, 5.41) is 1.39. The van der Waals surface area contributed by atoms with Gasteiger partial charge in [0.05, 0.1) is 21.7 Å². The van der Waals surface area contributed by atoms with Gasteiger partial charge in [0, 0.05) is 29.4 Å². The van der Waals surface area contributed by atoms with E-state index < -0.39 is 0 Å². The molecule has 0 saturated carbocycles. The van der Waals surface area contributed by atoms with Crippen molar-refractivity contribution in [1.82, 2.24) is 9.88 Å². The van der Waals surface area contributed by atoms with E-state index in [1.807, 2.05) is 12.1 Å². The van der Waals surface area contributed by atoms with E-state index in [9.17, 15) is 4.79 Å². The first-order valence-electron chi connectivity index (χ1n) is 7.40. The average Bonchev–Trinajstić information content (AvgIpc) is 3.02. The van der Waals surface area contributed by atoms with Crippen LogP contribution in [-0.4, -0.2) is 29.9 Å². The van der Waals surface area contributed by atoms with Crippen LogP contribution in [0.25, 0.3) is 21.5 Å². The van der Waals surface area contributed by atoms with E-state index in [0.29, 0.717) is 10.6 Å². The highest BCUT2D eigenvalue weighted by Crippen LogP contribution is 2.31. The number of rotatable bonds is 3. The molecule has 118 valence electrons. The summed E-state index contributed by atoms with van der Waals surface area (Å²) in [5.41, 5.74) is 2.24. The molecule has 23 heavy (non-hydrogen) atoms. The summed E-state index contributed by atoms with van der Waals surface area (Å²) in [6.07, 6.45) is 0.997. The summed E-state index contributed by atoms with van der Waals surface area (Å²) in [5.74, 6) is -0.0480. The number of aryl methyl sites for hydroxylation is 1. The molecule has 0 N–H and O–H groups in total. The lowest BCUT2D eigenvalue weighted by Gasteiger charge is -2.13. The van der Waals surface area contributed by atoms with Crippen molar-refractivity contribution in [2.24, 2.45) is 0 Å². The van der Waals surface area contributed by atoms with E-state index in [1.54, 1.807) is 42.5 Å². The highest BCUT2D eigenvalue weighted by molar-refractivity contribution is 7.15. The molecule has 5 heteroatoms. The summed E-state index contributed by atoms with van der Waals surface area (Å²) in [7, 11) is 3.50. The molecule has 0 fully saturated rings. The zero-order chi connectivity index (χ0) is 16.6. The molecule has 3 aromatic rings. The number of carbonyl (C=O) groups excluding carboxylic acids is 1. The van der Waals surface area contributed by atoms with Gasteiger partial charge in [-0.25, -0.2) is 4.98 Å². The molecule has 0 spiro atoms. The molecule has 0 aliphatic rings. The first-order valence-corrected chi connectivity index (χ1v) is 8.60. The van der Waals surface area contributed by atoms with E-state index in [2.05, 4.69) is 19.1 Å². The molecule has 0 unspecified atom stereocenters. The van der Waals surface area contributed by atoms with Gasteiger partial charge >= 0.3 is 0 Å². The molecule has 0 aliphatic heterocycles. The Morgan fingerprint density at radius 3 is 2.65 bits per heavy atom. The number of carbonyl (C=O) groups is 1. The average molecular weight is 345 g/mol. The largest absolute Gasteiger partial charge is 0.345 e. The SMILES string of the molecule is CCc1ccc(-c2cc(C(=O)N(C)C)c3cc(Cl)ccc3n2)s1. The second-order valence-corrected chi connectivity index (χ2v) is 7.14. The van der Waals surface area contributed by atoms with Gasteiger partial charge in [0.1, 0.15) is 0 Å². The van der Waals surface area contributed by atoms with Crippen molar-refractivity contribution in [3.8, 4) is 10.6 Å². The molecule has 0 bridgehead atoms. The lowest BCUT2D eigenvalue weighted by atomic mass is 10.1. The van der Waals surface area contributed by atoms with Crippen molar-refractivity contribution in [3.05, 3.63) is 51.9 Å². The van der Waals surface area contributed by atoms with E-state index in [4.69, 9.17) is 16.6 Å². The highest BCUT2D eigenvalue weighted by Gasteiger charge is 2.16. The predicted octanol–water partition coefficient (Wildman–Crippen LogP) is 4.88. The molecule has 1 aromatic carbocycles. The molecule has 2 aromatic heterocycles. The van der Waals surface area contributed by atoms with Gasteiger partial charge in [-0.2, -0.15) is 0 Å². The number of benzene rings is 1. The van der Waals surface area contributed by atoms with Crippen LogP contribution in [0.5, 0.6) is 0 Å². The number of pyridine rings is 1. The molecular formula is C18H17ClN2OS. The van der Waals surface area contributed by atoms with Crippen molar-refractivity contribution in [2.45, 2.75) is 13.3 Å². The molecule has 0 atom stereocenters. The minimum Gasteiger partial charge on any atom is -0.345 e. The van der Waals surface area contributed by atoms with Crippen LogP contribution < -0.4 is 0 Å². The number of thiophene rings is 1. The van der Waals surface area contributed by atoms with Gasteiger partial charge in [0.25, 0.3) is 5.91 Å². The number of halogens is 1. The zero-order valence-corrected chi connectivity index (χ0v) is 14.8. The summed E-state index contributed by atoms with van der Waals surface area (Å²) < 4.78 is 0. The molecule has 0 radical (unpaired) electrons.